The molecule has 4 atom stereocenters. The van der Waals surface area contributed by atoms with Crippen LogP contribution in [0.5, 0.6) is 0 Å². The first-order chi connectivity index (χ1) is 12.5. The summed E-state index contributed by atoms with van der Waals surface area (Å²) in [6, 6.07) is -1.51. The number of aliphatic hydroxyl groups excluding tert-OH is 1. The lowest BCUT2D eigenvalue weighted by molar-refractivity contribution is -0.129. The van der Waals surface area contributed by atoms with Crippen LogP contribution in [0.15, 0.2) is 0 Å². The minimum absolute atomic E-state index is 0.0510. The van der Waals surface area contributed by atoms with E-state index in [-0.39, 0.29) is 30.7 Å². The molecule has 0 aliphatic heterocycles. The van der Waals surface area contributed by atoms with Gasteiger partial charge in [0, 0.05) is 12.7 Å². The Balaban J connectivity index is 2.36. The third-order valence-corrected chi connectivity index (χ3v) is 7.13. The van der Waals surface area contributed by atoms with Crippen molar-refractivity contribution in [3.8, 4) is 0 Å². The van der Waals surface area contributed by atoms with Crippen LogP contribution in [-0.4, -0.2) is 58.9 Å². The Hall–Kier alpha value is -0.950. The highest BCUT2D eigenvalue weighted by Gasteiger charge is 2.29. The summed E-state index contributed by atoms with van der Waals surface area (Å²) < 4.78 is 12.4. The topological polar surface area (TPSA) is 142 Å². The van der Waals surface area contributed by atoms with Gasteiger partial charge in [-0.05, 0) is 31.6 Å². The van der Waals surface area contributed by atoms with Gasteiger partial charge in [-0.1, -0.05) is 33.1 Å². The minimum Gasteiger partial charge on any atom is -0.391 e. The zero-order chi connectivity index (χ0) is 20.6. The number of nitrogens with two attached hydrogens (primary N) is 1. The minimum atomic E-state index is -3.44. The Labute approximate surface area is 162 Å². The summed E-state index contributed by atoms with van der Waals surface area (Å²) in [6.45, 7) is 5.01. The quantitative estimate of drug-likeness (QED) is 0.340. The maximum Gasteiger partial charge on any atom is 0.242 e. The standard InChI is InChI=1S/C18H36N3O5P/c1-12(2)16(19)18(24)21-13(3)17(23)20-9-15(22)11-27(25,26)10-14-7-5-4-6-8-14/h12-16,22H,4-11,19H2,1-3H3,(H,20,23)(H,21,24)(H,25,26)/t13-,15+,16+/m1/s1. The predicted octanol–water partition coefficient (Wildman–Crippen LogP) is 0.802. The molecule has 1 saturated carbocycles. The van der Waals surface area contributed by atoms with Gasteiger partial charge in [-0.2, -0.15) is 0 Å². The van der Waals surface area contributed by atoms with E-state index in [1.807, 2.05) is 13.8 Å². The van der Waals surface area contributed by atoms with Crippen LogP contribution in [0.25, 0.3) is 0 Å². The summed E-state index contributed by atoms with van der Waals surface area (Å²) >= 11 is 0. The molecule has 8 nitrogen and oxygen atoms in total. The zero-order valence-electron chi connectivity index (χ0n) is 16.7. The molecule has 0 bridgehead atoms. The molecule has 1 aliphatic rings. The average molecular weight is 405 g/mol. The van der Waals surface area contributed by atoms with E-state index in [9.17, 15) is 24.2 Å². The lowest BCUT2D eigenvalue weighted by Gasteiger charge is -2.25. The molecule has 1 rings (SSSR count). The van der Waals surface area contributed by atoms with E-state index >= 15 is 0 Å². The number of nitrogens with one attached hydrogen (secondary N) is 2. The third kappa shape index (κ3) is 9.19. The highest BCUT2D eigenvalue weighted by atomic mass is 31.2. The molecule has 2 amide bonds. The molecule has 0 radical (unpaired) electrons. The normalized spacial score (nSPS) is 21.1. The Morgan fingerprint density at radius 2 is 1.74 bits per heavy atom. The first-order valence-corrected chi connectivity index (χ1v) is 11.9. The van der Waals surface area contributed by atoms with Crippen LogP contribution < -0.4 is 16.4 Å². The van der Waals surface area contributed by atoms with Gasteiger partial charge < -0.3 is 26.4 Å². The van der Waals surface area contributed by atoms with Crippen molar-refractivity contribution in [2.45, 2.75) is 71.1 Å². The zero-order valence-corrected chi connectivity index (χ0v) is 17.6. The van der Waals surface area contributed by atoms with Crippen LogP contribution in [0, 0.1) is 11.8 Å². The van der Waals surface area contributed by atoms with Gasteiger partial charge in [0.1, 0.15) is 6.04 Å². The Kier molecular flexibility index (Phi) is 9.95. The summed E-state index contributed by atoms with van der Waals surface area (Å²) in [4.78, 5) is 34.1. The van der Waals surface area contributed by atoms with Crippen LogP contribution in [0.4, 0.5) is 0 Å². The molecule has 0 aromatic heterocycles. The molecule has 27 heavy (non-hydrogen) atoms. The predicted molar refractivity (Wildman–Crippen MR) is 106 cm³/mol. The lowest BCUT2D eigenvalue weighted by Crippen LogP contribution is -2.52. The van der Waals surface area contributed by atoms with Crippen molar-refractivity contribution in [1.29, 1.82) is 0 Å². The first kappa shape index (κ1) is 24.1. The molecule has 1 aliphatic carbocycles. The van der Waals surface area contributed by atoms with Crippen molar-refractivity contribution in [3.63, 3.8) is 0 Å². The largest absolute Gasteiger partial charge is 0.391 e. The van der Waals surface area contributed by atoms with Crippen LogP contribution in [0.2, 0.25) is 0 Å². The smallest absolute Gasteiger partial charge is 0.242 e. The summed E-state index contributed by atoms with van der Waals surface area (Å²) in [5, 5.41) is 15.1. The fourth-order valence-electron chi connectivity index (χ4n) is 3.29. The fourth-order valence-corrected chi connectivity index (χ4v) is 5.40. The van der Waals surface area contributed by atoms with E-state index in [0.29, 0.717) is 0 Å². The molecule has 1 unspecified atom stereocenters. The van der Waals surface area contributed by atoms with Crippen molar-refractivity contribution in [3.05, 3.63) is 0 Å². The van der Waals surface area contributed by atoms with Crippen molar-refractivity contribution < 1.29 is 24.2 Å². The highest BCUT2D eigenvalue weighted by Crippen LogP contribution is 2.45. The SMILES string of the molecule is CC(C)[C@H](N)C(=O)N[C@H](C)C(=O)NC[C@H](O)CP(=O)(O)CC1CCCCC1. The molecule has 0 heterocycles. The Morgan fingerprint density at radius 3 is 2.30 bits per heavy atom. The molecule has 0 saturated heterocycles. The summed E-state index contributed by atoms with van der Waals surface area (Å²) in [6.07, 6.45) is 4.19. The number of amides is 2. The summed E-state index contributed by atoms with van der Waals surface area (Å²) in [5.41, 5.74) is 5.73. The maximum atomic E-state index is 12.4. The van der Waals surface area contributed by atoms with Gasteiger partial charge in [0.05, 0.1) is 18.3 Å². The van der Waals surface area contributed by atoms with Gasteiger partial charge in [-0.25, -0.2) is 0 Å². The number of carbonyl (C=O) groups excluding carboxylic acids is 2. The molecule has 0 aromatic carbocycles. The molecule has 1 fully saturated rings. The highest BCUT2D eigenvalue weighted by molar-refractivity contribution is 7.58. The first-order valence-electron chi connectivity index (χ1n) is 9.84. The number of rotatable bonds is 10. The van der Waals surface area contributed by atoms with Crippen molar-refractivity contribution >= 4 is 19.2 Å². The van der Waals surface area contributed by atoms with Gasteiger partial charge in [-0.15, -0.1) is 0 Å². The van der Waals surface area contributed by atoms with Crippen LogP contribution in [0.3, 0.4) is 0 Å². The van der Waals surface area contributed by atoms with E-state index in [2.05, 4.69) is 10.6 Å². The van der Waals surface area contributed by atoms with Gasteiger partial charge in [0.2, 0.25) is 19.2 Å². The van der Waals surface area contributed by atoms with Gasteiger partial charge in [0.25, 0.3) is 0 Å². The third-order valence-electron chi connectivity index (χ3n) is 5.05. The molecule has 9 heteroatoms. The second-order valence-electron chi connectivity index (χ2n) is 8.11. The molecule has 158 valence electrons. The number of hydrogen-bond donors (Lipinski definition) is 5. The summed E-state index contributed by atoms with van der Waals surface area (Å²) in [7, 11) is -3.44. The van der Waals surface area contributed by atoms with Crippen LogP contribution in [-0.2, 0) is 14.2 Å². The van der Waals surface area contributed by atoms with E-state index in [4.69, 9.17) is 5.73 Å². The van der Waals surface area contributed by atoms with E-state index in [0.717, 1.165) is 25.7 Å². The van der Waals surface area contributed by atoms with Crippen molar-refractivity contribution in [2.24, 2.45) is 17.6 Å². The number of carbonyl (C=O) groups is 2. The second-order valence-corrected chi connectivity index (χ2v) is 10.5. The van der Waals surface area contributed by atoms with Crippen LogP contribution in [0.1, 0.15) is 52.9 Å². The molecule has 6 N–H and O–H groups in total. The molecular formula is C18H36N3O5P. The maximum absolute atomic E-state index is 12.4. The van der Waals surface area contributed by atoms with Crippen molar-refractivity contribution in [2.75, 3.05) is 18.9 Å². The Morgan fingerprint density at radius 1 is 1.15 bits per heavy atom. The number of aliphatic hydroxyl groups is 1. The average Bonchev–Trinajstić information content (AvgIpc) is 2.58. The van der Waals surface area contributed by atoms with E-state index in [1.54, 1.807) is 0 Å². The van der Waals surface area contributed by atoms with Gasteiger partial charge >= 0.3 is 0 Å². The van der Waals surface area contributed by atoms with Crippen molar-refractivity contribution in [1.82, 2.24) is 10.6 Å². The van der Waals surface area contributed by atoms with E-state index < -0.39 is 37.4 Å². The molecule has 0 aromatic rings. The monoisotopic (exact) mass is 405 g/mol. The molecular weight excluding hydrogens is 369 g/mol. The molecule has 0 spiro atoms. The van der Waals surface area contributed by atoms with Crippen LogP contribution >= 0.6 is 7.37 Å². The summed E-state index contributed by atoms with van der Waals surface area (Å²) in [5.74, 6) is -0.694. The van der Waals surface area contributed by atoms with E-state index in [1.165, 1.54) is 13.3 Å². The number of hydrogen-bond acceptors (Lipinski definition) is 5. The Bertz CT molecular complexity index is 537. The van der Waals surface area contributed by atoms with Gasteiger partial charge in [-0.3, -0.25) is 14.2 Å². The van der Waals surface area contributed by atoms with Gasteiger partial charge in [0.15, 0.2) is 0 Å². The second kappa shape index (κ2) is 11.1. The lowest BCUT2D eigenvalue weighted by atomic mass is 9.91. The fraction of sp³-hybridized carbons (Fsp3) is 0.889.